The summed E-state index contributed by atoms with van der Waals surface area (Å²) in [5.41, 5.74) is 0. The second-order valence-corrected chi connectivity index (χ2v) is 5.59. The van der Waals surface area contributed by atoms with Crippen molar-refractivity contribution in [3.8, 4) is 0 Å². The van der Waals surface area contributed by atoms with Gasteiger partial charge in [0.25, 0.3) is 0 Å². The van der Waals surface area contributed by atoms with E-state index in [1.807, 2.05) is 4.90 Å². The number of piperidine rings is 1. The number of hydrogen-bond donors (Lipinski definition) is 0. The molecule has 0 aromatic rings. The first-order valence-corrected chi connectivity index (χ1v) is 7.66. The fourth-order valence-corrected chi connectivity index (χ4v) is 2.38. The van der Waals surface area contributed by atoms with Gasteiger partial charge in [-0.25, -0.2) is 0 Å². The SMILES string of the molecule is CCCCCC/C=C/CC(=O)N1CCC(C)CC1. The van der Waals surface area contributed by atoms with Crippen molar-refractivity contribution >= 4 is 5.91 Å². The fraction of sp³-hybridized carbons (Fsp3) is 0.812. The van der Waals surface area contributed by atoms with Gasteiger partial charge in [-0.2, -0.15) is 0 Å². The smallest absolute Gasteiger partial charge is 0.226 e. The summed E-state index contributed by atoms with van der Waals surface area (Å²) in [4.78, 5) is 13.9. The van der Waals surface area contributed by atoms with E-state index < -0.39 is 0 Å². The van der Waals surface area contributed by atoms with Crippen molar-refractivity contribution in [1.82, 2.24) is 4.90 Å². The van der Waals surface area contributed by atoms with Crippen molar-refractivity contribution in [1.29, 1.82) is 0 Å². The molecule has 1 rings (SSSR count). The first-order valence-electron chi connectivity index (χ1n) is 7.66. The van der Waals surface area contributed by atoms with Gasteiger partial charge in [0.1, 0.15) is 0 Å². The van der Waals surface area contributed by atoms with Crippen LogP contribution in [0.25, 0.3) is 0 Å². The van der Waals surface area contributed by atoms with Crippen LogP contribution < -0.4 is 0 Å². The van der Waals surface area contributed by atoms with Crippen LogP contribution in [-0.4, -0.2) is 23.9 Å². The largest absolute Gasteiger partial charge is 0.342 e. The quantitative estimate of drug-likeness (QED) is 0.491. The van der Waals surface area contributed by atoms with Gasteiger partial charge in [0.2, 0.25) is 5.91 Å². The Hall–Kier alpha value is -0.790. The number of amides is 1. The van der Waals surface area contributed by atoms with Crippen LogP contribution in [0.3, 0.4) is 0 Å². The molecule has 2 nitrogen and oxygen atoms in total. The van der Waals surface area contributed by atoms with Gasteiger partial charge in [-0.05, 0) is 31.6 Å². The summed E-state index contributed by atoms with van der Waals surface area (Å²) in [5.74, 6) is 1.11. The molecule has 0 unspecified atom stereocenters. The third-order valence-electron chi connectivity index (χ3n) is 3.82. The third kappa shape index (κ3) is 6.23. The molecule has 1 amide bonds. The summed E-state index contributed by atoms with van der Waals surface area (Å²) < 4.78 is 0. The normalized spacial score (nSPS) is 17.6. The van der Waals surface area contributed by atoms with Crippen molar-refractivity contribution in [2.75, 3.05) is 13.1 Å². The standard InChI is InChI=1S/C16H29NO/c1-3-4-5-6-7-8-9-10-16(18)17-13-11-15(2)12-14-17/h8-9,15H,3-7,10-14H2,1-2H3/b9-8+. The number of allylic oxidation sites excluding steroid dienone is 1. The molecule has 0 aromatic heterocycles. The summed E-state index contributed by atoms with van der Waals surface area (Å²) in [5, 5.41) is 0. The highest BCUT2D eigenvalue weighted by Gasteiger charge is 2.18. The Morgan fingerprint density at radius 3 is 2.56 bits per heavy atom. The Bertz CT molecular complexity index is 252. The lowest BCUT2D eigenvalue weighted by molar-refractivity contribution is -0.131. The zero-order valence-electron chi connectivity index (χ0n) is 12.2. The first kappa shape index (κ1) is 15.3. The Labute approximate surface area is 112 Å². The lowest BCUT2D eigenvalue weighted by Gasteiger charge is -2.30. The van der Waals surface area contributed by atoms with E-state index >= 15 is 0 Å². The van der Waals surface area contributed by atoms with Crippen LogP contribution >= 0.6 is 0 Å². The van der Waals surface area contributed by atoms with Crippen molar-refractivity contribution in [3.05, 3.63) is 12.2 Å². The fourth-order valence-electron chi connectivity index (χ4n) is 2.38. The Morgan fingerprint density at radius 2 is 1.89 bits per heavy atom. The van der Waals surface area contributed by atoms with Gasteiger partial charge in [0.05, 0.1) is 0 Å². The van der Waals surface area contributed by atoms with Gasteiger partial charge >= 0.3 is 0 Å². The number of carbonyl (C=O) groups is 1. The topological polar surface area (TPSA) is 20.3 Å². The molecule has 1 aliphatic rings. The van der Waals surface area contributed by atoms with Gasteiger partial charge in [0, 0.05) is 19.5 Å². The molecule has 1 saturated heterocycles. The number of rotatable bonds is 7. The van der Waals surface area contributed by atoms with E-state index in [4.69, 9.17) is 0 Å². The van der Waals surface area contributed by atoms with Crippen molar-refractivity contribution < 1.29 is 4.79 Å². The molecule has 1 aliphatic heterocycles. The maximum atomic E-state index is 11.9. The monoisotopic (exact) mass is 251 g/mol. The van der Waals surface area contributed by atoms with Gasteiger partial charge in [-0.1, -0.05) is 45.3 Å². The molecule has 104 valence electrons. The van der Waals surface area contributed by atoms with Crippen LogP contribution in [-0.2, 0) is 4.79 Å². The average Bonchev–Trinajstić information content (AvgIpc) is 2.38. The number of hydrogen-bond acceptors (Lipinski definition) is 1. The second kappa shape index (κ2) is 9.18. The predicted octanol–water partition coefficient (Wildman–Crippen LogP) is 4.16. The Morgan fingerprint density at radius 1 is 1.17 bits per heavy atom. The third-order valence-corrected chi connectivity index (χ3v) is 3.82. The van der Waals surface area contributed by atoms with E-state index in [-0.39, 0.29) is 0 Å². The number of likely N-dealkylation sites (tertiary alicyclic amines) is 1. The van der Waals surface area contributed by atoms with E-state index in [1.54, 1.807) is 0 Å². The van der Waals surface area contributed by atoms with Gasteiger partial charge in [-0.15, -0.1) is 0 Å². The van der Waals surface area contributed by atoms with Crippen LogP contribution in [0.15, 0.2) is 12.2 Å². The Kier molecular flexibility index (Phi) is 7.79. The van der Waals surface area contributed by atoms with Crippen LogP contribution in [0.1, 0.15) is 65.2 Å². The Balaban J connectivity index is 2.07. The second-order valence-electron chi connectivity index (χ2n) is 5.59. The van der Waals surface area contributed by atoms with Crippen molar-refractivity contribution in [3.63, 3.8) is 0 Å². The van der Waals surface area contributed by atoms with Crippen LogP contribution in [0.5, 0.6) is 0 Å². The zero-order chi connectivity index (χ0) is 13.2. The minimum Gasteiger partial charge on any atom is -0.342 e. The molecule has 18 heavy (non-hydrogen) atoms. The highest BCUT2D eigenvalue weighted by molar-refractivity contribution is 5.77. The highest BCUT2D eigenvalue weighted by atomic mass is 16.2. The molecule has 1 heterocycles. The molecule has 0 bridgehead atoms. The van der Waals surface area contributed by atoms with Crippen molar-refractivity contribution in [2.24, 2.45) is 5.92 Å². The van der Waals surface area contributed by atoms with E-state index in [9.17, 15) is 4.79 Å². The van der Waals surface area contributed by atoms with Crippen molar-refractivity contribution in [2.45, 2.75) is 65.2 Å². The summed E-state index contributed by atoms with van der Waals surface area (Å²) in [6.45, 7) is 6.43. The van der Waals surface area contributed by atoms with Crippen LogP contribution in [0, 0.1) is 5.92 Å². The molecule has 0 aromatic carbocycles. The summed E-state index contributed by atoms with van der Waals surface area (Å²) in [6, 6.07) is 0. The minimum absolute atomic E-state index is 0.312. The molecule has 0 saturated carbocycles. The predicted molar refractivity (Wildman–Crippen MR) is 77.5 cm³/mol. The summed E-state index contributed by atoms with van der Waals surface area (Å²) >= 11 is 0. The minimum atomic E-state index is 0.312. The number of nitrogens with zero attached hydrogens (tertiary/aromatic N) is 1. The van der Waals surface area contributed by atoms with Crippen LogP contribution in [0.2, 0.25) is 0 Å². The van der Waals surface area contributed by atoms with E-state index in [0.29, 0.717) is 12.3 Å². The lowest BCUT2D eigenvalue weighted by Crippen LogP contribution is -2.37. The molecule has 0 aliphatic carbocycles. The molecule has 0 radical (unpaired) electrons. The molecular weight excluding hydrogens is 222 g/mol. The molecule has 0 atom stereocenters. The van der Waals surface area contributed by atoms with E-state index in [2.05, 4.69) is 26.0 Å². The highest BCUT2D eigenvalue weighted by Crippen LogP contribution is 2.16. The van der Waals surface area contributed by atoms with Gasteiger partial charge in [0.15, 0.2) is 0 Å². The molecular formula is C16H29NO. The van der Waals surface area contributed by atoms with Gasteiger partial charge < -0.3 is 4.90 Å². The maximum absolute atomic E-state index is 11.9. The van der Waals surface area contributed by atoms with Crippen LogP contribution in [0.4, 0.5) is 0 Å². The molecule has 0 spiro atoms. The van der Waals surface area contributed by atoms with Gasteiger partial charge in [-0.3, -0.25) is 4.79 Å². The van der Waals surface area contributed by atoms with E-state index in [0.717, 1.165) is 25.4 Å². The molecule has 2 heteroatoms. The molecule has 0 N–H and O–H groups in total. The average molecular weight is 251 g/mol. The lowest BCUT2D eigenvalue weighted by atomic mass is 9.99. The maximum Gasteiger partial charge on any atom is 0.226 e. The zero-order valence-corrected chi connectivity index (χ0v) is 12.2. The summed E-state index contributed by atoms with van der Waals surface area (Å²) in [6.07, 6.45) is 13.5. The molecule has 1 fully saturated rings. The first-order chi connectivity index (χ1) is 8.74. The number of carbonyl (C=O) groups excluding carboxylic acids is 1. The number of unbranched alkanes of at least 4 members (excludes halogenated alkanes) is 4. The summed E-state index contributed by atoms with van der Waals surface area (Å²) in [7, 11) is 0. The van der Waals surface area contributed by atoms with E-state index in [1.165, 1.54) is 38.5 Å².